The summed E-state index contributed by atoms with van der Waals surface area (Å²) in [7, 11) is 0. The summed E-state index contributed by atoms with van der Waals surface area (Å²) in [6.07, 6.45) is 2.03. The molecule has 17 heavy (non-hydrogen) atoms. The minimum Gasteiger partial charge on any atom is -0.380 e. The van der Waals surface area contributed by atoms with E-state index in [1.165, 1.54) is 0 Å². The number of nitrogens with two attached hydrogens (primary N) is 2. The molecule has 1 unspecified atom stereocenters. The van der Waals surface area contributed by atoms with E-state index in [1.807, 2.05) is 6.92 Å². The molecule has 5 nitrogen and oxygen atoms in total. The van der Waals surface area contributed by atoms with E-state index in [-0.39, 0.29) is 11.8 Å². The number of hydrogen-bond acceptors (Lipinski definition) is 4. The smallest absolute Gasteiger partial charge is 0.239 e. The van der Waals surface area contributed by atoms with Crippen LogP contribution in [0, 0.1) is 5.92 Å². The molecule has 0 saturated heterocycles. The molecule has 0 aromatic rings. The van der Waals surface area contributed by atoms with Crippen molar-refractivity contribution in [3.8, 4) is 0 Å². The third kappa shape index (κ3) is 3.94. The van der Waals surface area contributed by atoms with Crippen molar-refractivity contribution >= 4 is 5.91 Å². The number of hydrogen-bond donors (Lipinski definition) is 2. The van der Waals surface area contributed by atoms with E-state index in [0.29, 0.717) is 19.8 Å². The maximum Gasteiger partial charge on any atom is 0.239 e. The molecular weight excluding hydrogens is 218 g/mol. The molecule has 1 atom stereocenters. The van der Waals surface area contributed by atoms with Crippen LogP contribution >= 0.6 is 0 Å². The van der Waals surface area contributed by atoms with Gasteiger partial charge in [0, 0.05) is 19.7 Å². The fourth-order valence-electron chi connectivity index (χ4n) is 2.06. The van der Waals surface area contributed by atoms with E-state index in [0.717, 1.165) is 25.9 Å². The van der Waals surface area contributed by atoms with Crippen LogP contribution in [0.3, 0.4) is 0 Å². The zero-order valence-corrected chi connectivity index (χ0v) is 10.9. The lowest BCUT2D eigenvalue weighted by Gasteiger charge is -2.32. The maximum absolute atomic E-state index is 11.5. The summed E-state index contributed by atoms with van der Waals surface area (Å²) in [5.74, 6) is -0.115. The molecule has 1 saturated carbocycles. The van der Waals surface area contributed by atoms with E-state index in [1.54, 1.807) is 0 Å². The average molecular weight is 243 g/mol. The summed E-state index contributed by atoms with van der Waals surface area (Å²) in [6, 6.07) is 0. The number of nitrogens with zero attached hydrogens (tertiary/aromatic N) is 1. The van der Waals surface area contributed by atoms with Crippen LogP contribution in [0.1, 0.15) is 26.7 Å². The van der Waals surface area contributed by atoms with Crippen molar-refractivity contribution in [2.24, 2.45) is 17.4 Å². The van der Waals surface area contributed by atoms with Crippen LogP contribution in [-0.2, 0) is 9.53 Å². The normalized spacial score (nSPS) is 19.3. The first-order valence-corrected chi connectivity index (χ1v) is 6.43. The van der Waals surface area contributed by atoms with E-state index < -0.39 is 5.54 Å². The number of primary amides is 1. The van der Waals surface area contributed by atoms with Gasteiger partial charge < -0.3 is 16.2 Å². The molecule has 0 radical (unpaired) electrons. The molecule has 5 heteroatoms. The minimum atomic E-state index is -0.859. The molecule has 0 heterocycles. The van der Waals surface area contributed by atoms with Gasteiger partial charge in [-0.15, -0.1) is 0 Å². The predicted octanol–water partition coefficient (Wildman–Crippen LogP) is -0.0624. The Morgan fingerprint density at radius 3 is 2.53 bits per heavy atom. The number of ether oxygens (including phenoxy) is 1. The van der Waals surface area contributed by atoms with Crippen LogP contribution in [0.25, 0.3) is 0 Å². The molecule has 1 aliphatic rings. The van der Waals surface area contributed by atoms with Gasteiger partial charge in [0.05, 0.1) is 6.61 Å². The Morgan fingerprint density at radius 1 is 1.47 bits per heavy atom. The van der Waals surface area contributed by atoms with Crippen LogP contribution in [0.15, 0.2) is 0 Å². The molecule has 100 valence electrons. The van der Waals surface area contributed by atoms with Crippen molar-refractivity contribution in [1.29, 1.82) is 0 Å². The van der Waals surface area contributed by atoms with Gasteiger partial charge in [0.15, 0.2) is 0 Å². The summed E-state index contributed by atoms with van der Waals surface area (Å²) >= 11 is 0. The topological polar surface area (TPSA) is 81.6 Å². The Labute approximate surface area is 103 Å². The molecule has 1 rings (SSSR count). The van der Waals surface area contributed by atoms with Crippen molar-refractivity contribution in [3.05, 3.63) is 0 Å². The van der Waals surface area contributed by atoms with Gasteiger partial charge in [0.25, 0.3) is 0 Å². The largest absolute Gasteiger partial charge is 0.380 e. The highest BCUT2D eigenvalue weighted by Gasteiger charge is 2.47. The van der Waals surface area contributed by atoms with Gasteiger partial charge in [-0.2, -0.15) is 0 Å². The SMILES string of the molecule is CCOCCN(CC)CC(N)(C(N)=O)C1CC1. The Hall–Kier alpha value is -0.650. The van der Waals surface area contributed by atoms with E-state index in [9.17, 15) is 4.79 Å². The monoisotopic (exact) mass is 243 g/mol. The number of carbonyl (C=O) groups is 1. The first kappa shape index (κ1) is 14.4. The predicted molar refractivity (Wildman–Crippen MR) is 67.4 cm³/mol. The fraction of sp³-hybridized carbons (Fsp3) is 0.917. The van der Waals surface area contributed by atoms with Gasteiger partial charge in [-0.3, -0.25) is 9.69 Å². The lowest BCUT2D eigenvalue weighted by atomic mass is 9.93. The van der Waals surface area contributed by atoms with Crippen molar-refractivity contribution in [1.82, 2.24) is 4.90 Å². The van der Waals surface area contributed by atoms with Crippen LogP contribution in [0.2, 0.25) is 0 Å². The Kier molecular flexibility index (Phi) is 5.36. The summed E-state index contributed by atoms with van der Waals surface area (Å²) in [4.78, 5) is 13.7. The maximum atomic E-state index is 11.5. The number of rotatable bonds is 9. The summed E-state index contributed by atoms with van der Waals surface area (Å²) in [6.45, 7) is 7.59. The third-order valence-electron chi connectivity index (χ3n) is 3.45. The zero-order valence-electron chi connectivity index (χ0n) is 10.9. The number of likely N-dealkylation sites (N-methyl/N-ethyl adjacent to an activating group) is 1. The molecule has 1 aliphatic carbocycles. The first-order valence-electron chi connectivity index (χ1n) is 6.43. The highest BCUT2D eigenvalue weighted by Crippen LogP contribution is 2.38. The van der Waals surface area contributed by atoms with Crippen LogP contribution in [-0.4, -0.2) is 49.2 Å². The van der Waals surface area contributed by atoms with Gasteiger partial charge in [0.2, 0.25) is 5.91 Å². The molecule has 0 spiro atoms. The molecular formula is C12H25N3O2. The summed E-state index contributed by atoms with van der Waals surface area (Å²) in [5.41, 5.74) is 10.8. The fourth-order valence-corrected chi connectivity index (χ4v) is 2.06. The Balaban J connectivity index is 2.48. The third-order valence-corrected chi connectivity index (χ3v) is 3.45. The second-order valence-corrected chi connectivity index (χ2v) is 4.74. The van der Waals surface area contributed by atoms with Gasteiger partial charge in [-0.25, -0.2) is 0 Å². The quantitative estimate of drug-likeness (QED) is 0.556. The summed E-state index contributed by atoms with van der Waals surface area (Å²) in [5, 5.41) is 0. The highest BCUT2D eigenvalue weighted by atomic mass is 16.5. The first-order chi connectivity index (χ1) is 8.04. The van der Waals surface area contributed by atoms with E-state index in [2.05, 4.69) is 11.8 Å². The molecule has 1 fully saturated rings. The van der Waals surface area contributed by atoms with Crippen molar-refractivity contribution in [3.63, 3.8) is 0 Å². The standard InChI is InChI=1S/C12H25N3O2/c1-3-15(7-8-17-4-2)9-12(14,11(13)16)10-5-6-10/h10H,3-9,14H2,1-2H3,(H2,13,16). The van der Waals surface area contributed by atoms with Gasteiger partial charge >= 0.3 is 0 Å². The average Bonchev–Trinajstić information content (AvgIpc) is 3.11. The van der Waals surface area contributed by atoms with Crippen molar-refractivity contribution in [2.75, 3.05) is 32.8 Å². The Morgan fingerprint density at radius 2 is 2.12 bits per heavy atom. The Bertz CT molecular complexity index is 256. The van der Waals surface area contributed by atoms with Gasteiger partial charge in [-0.1, -0.05) is 6.92 Å². The molecule has 0 bridgehead atoms. The number of carbonyl (C=O) groups excluding carboxylic acids is 1. The molecule has 4 N–H and O–H groups in total. The zero-order chi connectivity index (χ0) is 12.9. The second kappa shape index (κ2) is 6.33. The van der Waals surface area contributed by atoms with Crippen LogP contribution in [0.4, 0.5) is 0 Å². The van der Waals surface area contributed by atoms with Crippen molar-refractivity contribution in [2.45, 2.75) is 32.2 Å². The lowest BCUT2D eigenvalue weighted by molar-refractivity contribution is -0.124. The van der Waals surface area contributed by atoms with Crippen LogP contribution < -0.4 is 11.5 Å². The van der Waals surface area contributed by atoms with Gasteiger partial charge in [0.1, 0.15) is 5.54 Å². The van der Waals surface area contributed by atoms with Gasteiger partial charge in [-0.05, 0) is 32.2 Å². The minimum absolute atomic E-state index is 0.265. The second-order valence-electron chi connectivity index (χ2n) is 4.74. The van der Waals surface area contributed by atoms with E-state index >= 15 is 0 Å². The summed E-state index contributed by atoms with van der Waals surface area (Å²) < 4.78 is 5.32. The molecule has 1 amide bonds. The molecule has 0 aromatic carbocycles. The van der Waals surface area contributed by atoms with Crippen molar-refractivity contribution < 1.29 is 9.53 Å². The van der Waals surface area contributed by atoms with Crippen LogP contribution in [0.5, 0.6) is 0 Å². The lowest BCUT2D eigenvalue weighted by Crippen LogP contribution is -2.61. The molecule has 0 aromatic heterocycles. The highest BCUT2D eigenvalue weighted by molar-refractivity contribution is 5.85. The number of amides is 1. The van der Waals surface area contributed by atoms with E-state index in [4.69, 9.17) is 16.2 Å². The molecule has 0 aliphatic heterocycles.